The Morgan fingerprint density at radius 2 is 1.87 bits per heavy atom. The Bertz CT molecular complexity index is 1120. The van der Waals surface area contributed by atoms with Gasteiger partial charge in [0.25, 0.3) is 11.1 Å². The molecule has 1 N–H and O–H groups in total. The summed E-state index contributed by atoms with van der Waals surface area (Å²) in [6.07, 6.45) is 1.50. The van der Waals surface area contributed by atoms with E-state index in [9.17, 15) is 14.4 Å². The number of nitrogens with one attached hydrogen (secondary N) is 1. The fraction of sp³-hybridized carbons (Fsp3) is 0.286. The normalized spacial score (nSPS) is 11.7. The number of hydrogen-bond donors (Lipinski definition) is 1. The average Bonchev–Trinajstić information content (AvgIpc) is 2.76. The number of benzene rings is 1. The van der Waals surface area contributed by atoms with Crippen molar-refractivity contribution in [2.24, 2.45) is 0 Å². The molecule has 0 aliphatic heterocycles. The highest BCUT2D eigenvalue weighted by molar-refractivity contribution is 5.79. The molecule has 0 saturated heterocycles. The van der Waals surface area contributed by atoms with Gasteiger partial charge in [0.15, 0.2) is 0 Å². The van der Waals surface area contributed by atoms with Crippen molar-refractivity contribution in [3.05, 3.63) is 75.4 Å². The number of aromatic nitrogens is 4. The van der Waals surface area contributed by atoms with E-state index in [2.05, 4.69) is 15.5 Å². The first-order valence-corrected chi connectivity index (χ1v) is 9.62. The van der Waals surface area contributed by atoms with E-state index in [1.165, 1.54) is 23.0 Å². The van der Waals surface area contributed by atoms with Gasteiger partial charge in [-0.05, 0) is 50.2 Å². The molecule has 0 aliphatic carbocycles. The molecule has 3 aromatic rings. The summed E-state index contributed by atoms with van der Waals surface area (Å²) >= 11 is 0. The van der Waals surface area contributed by atoms with E-state index in [1.54, 1.807) is 19.1 Å². The molecule has 2 heterocycles. The van der Waals surface area contributed by atoms with Crippen molar-refractivity contribution in [3.8, 4) is 17.0 Å². The molecule has 9 nitrogen and oxygen atoms in total. The molecule has 3 rings (SSSR count). The Hall–Kier alpha value is -3.75. The third-order valence-corrected chi connectivity index (χ3v) is 4.44. The Kier molecular flexibility index (Phi) is 6.74. The lowest BCUT2D eigenvalue weighted by atomic mass is 10.1. The number of carbonyl (C=O) groups is 1. The molecule has 0 spiro atoms. The standard InChI is InChI=1S/C21H23N5O4/c1-3-30-17-8-6-16(7-9-17)18-10-11-20(28)26(24-18)15(2)21(29)22-13-14-25-19(27)5-4-12-23-25/h4-12,15H,3,13-14H2,1-2H3,(H,22,29). The minimum atomic E-state index is -0.819. The molecular weight excluding hydrogens is 386 g/mol. The van der Waals surface area contributed by atoms with Gasteiger partial charge in [-0.2, -0.15) is 10.2 Å². The molecule has 1 amide bonds. The molecule has 9 heteroatoms. The number of ether oxygens (including phenoxy) is 1. The van der Waals surface area contributed by atoms with E-state index in [4.69, 9.17) is 4.74 Å². The number of rotatable bonds is 8. The van der Waals surface area contributed by atoms with Crippen LogP contribution in [0.5, 0.6) is 5.75 Å². The first kappa shape index (κ1) is 21.0. The van der Waals surface area contributed by atoms with E-state index >= 15 is 0 Å². The largest absolute Gasteiger partial charge is 0.494 e. The second-order valence-electron chi connectivity index (χ2n) is 6.51. The zero-order chi connectivity index (χ0) is 21.5. The van der Waals surface area contributed by atoms with Gasteiger partial charge in [0.05, 0.1) is 18.8 Å². The van der Waals surface area contributed by atoms with Crippen molar-refractivity contribution < 1.29 is 9.53 Å². The third kappa shape index (κ3) is 4.99. The minimum absolute atomic E-state index is 0.202. The van der Waals surface area contributed by atoms with Gasteiger partial charge >= 0.3 is 0 Å². The van der Waals surface area contributed by atoms with Crippen LogP contribution >= 0.6 is 0 Å². The molecular formula is C21H23N5O4. The number of carbonyl (C=O) groups excluding carboxylic acids is 1. The van der Waals surface area contributed by atoms with Gasteiger partial charge in [0.1, 0.15) is 11.8 Å². The summed E-state index contributed by atoms with van der Waals surface area (Å²) in [4.78, 5) is 36.4. The molecule has 0 radical (unpaired) electrons. The zero-order valence-electron chi connectivity index (χ0n) is 16.8. The number of amides is 1. The average molecular weight is 409 g/mol. The second kappa shape index (κ2) is 9.64. The van der Waals surface area contributed by atoms with Gasteiger partial charge in [-0.1, -0.05) is 0 Å². The molecule has 0 aliphatic rings. The summed E-state index contributed by atoms with van der Waals surface area (Å²) in [6, 6.07) is 12.5. The van der Waals surface area contributed by atoms with Crippen molar-refractivity contribution in [2.45, 2.75) is 26.4 Å². The highest BCUT2D eigenvalue weighted by Gasteiger charge is 2.18. The first-order chi connectivity index (χ1) is 14.5. The van der Waals surface area contributed by atoms with Crippen LogP contribution in [-0.4, -0.2) is 38.6 Å². The van der Waals surface area contributed by atoms with Gasteiger partial charge in [-0.15, -0.1) is 0 Å². The first-order valence-electron chi connectivity index (χ1n) is 9.62. The summed E-state index contributed by atoms with van der Waals surface area (Å²) in [5.74, 6) is 0.367. The maximum absolute atomic E-state index is 12.5. The molecule has 0 saturated carbocycles. The van der Waals surface area contributed by atoms with E-state index in [0.29, 0.717) is 12.3 Å². The quantitative estimate of drug-likeness (QED) is 0.600. The SMILES string of the molecule is CCOc1ccc(-c2ccc(=O)n(C(C)C(=O)NCCn3ncccc3=O)n2)cc1. The van der Waals surface area contributed by atoms with Crippen LogP contribution in [0, 0.1) is 0 Å². The molecule has 1 aromatic carbocycles. The maximum atomic E-state index is 12.5. The van der Waals surface area contributed by atoms with Crippen molar-refractivity contribution in [3.63, 3.8) is 0 Å². The summed E-state index contributed by atoms with van der Waals surface area (Å²) in [6.45, 7) is 4.51. The van der Waals surface area contributed by atoms with E-state index in [0.717, 1.165) is 16.0 Å². The predicted octanol–water partition coefficient (Wildman–Crippen LogP) is 1.24. The lowest BCUT2D eigenvalue weighted by Crippen LogP contribution is -2.39. The molecule has 0 fully saturated rings. The van der Waals surface area contributed by atoms with E-state index in [1.807, 2.05) is 31.2 Å². The smallest absolute Gasteiger partial charge is 0.267 e. The minimum Gasteiger partial charge on any atom is -0.494 e. The van der Waals surface area contributed by atoms with Gasteiger partial charge in [0.2, 0.25) is 5.91 Å². The van der Waals surface area contributed by atoms with Gasteiger partial charge in [0, 0.05) is 30.4 Å². The summed E-state index contributed by atoms with van der Waals surface area (Å²) in [5, 5.41) is 11.0. The monoisotopic (exact) mass is 409 g/mol. The van der Waals surface area contributed by atoms with Crippen LogP contribution in [0.25, 0.3) is 11.3 Å². The van der Waals surface area contributed by atoms with E-state index < -0.39 is 6.04 Å². The van der Waals surface area contributed by atoms with Crippen LogP contribution < -0.4 is 21.2 Å². The van der Waals surface area contributed by atoms with Crippen molar-refractivity contribution in [1.82, 2.24) is 24.9 Å². The van der Waals surface area contributed by atoms with Crippen LogP contribution in [0.15, 0.2) is 64.3 Å². The predicted molar refractivity (Wildman–Crippen MR) is 111 cm³/mol. The fourth-order valence-corrected chi connectivity index (χ4v) is 2.84. The summed E-state index contributed by atoms with van der Waals surface area (Å²) in [5.41, 5.74) is 0.737. The Labute approximate surface area is 172 Å². The zero-order valence-corrected chi connectivity index (χ0v) is 16.8. The van der Waals surface area contributed by atoms with Crippen LogP contribution in [0.1, 0.15) is 19.9 Å². The lowest BCUT2D eigenvalue weighted by Gasteiger charge is -2.15. The number of nitrogens with zero attached hydrogens (tertiary/aromatic N) is 4. The molecule has 1 atom stereocenters. The third-order valence-electron chi connectivity index (χ3n) is 4.44. The maximum Gasteiger partial charge on any atom is 0.267 e. The lowest BCUT2D eigenvalue weighted by molar-refractivity contribution is -0.124. The van der Waals surface area contributed by atoms with Crippen molar-refractivity contribution in [2.75, 3.05) is 13.2 Å². The Balaban J connectivity index is 1.70. The molecule has 30 heavy (non-hydrogen) atoms. The van der Waals surface area contributed by atoms with Gasteiger partial charge < -0.3 is 10.1 Å². The Morgan fingerprint density at radius 3 is 2.57 bits per heavy atom. The van der Waals surface area contributed by atoms with Gasteiger partial charge in [-0.3, -0.25) is 14.4 Å². The van der Waals surface area contributed by atoms with Crippen molar-refractivity contribution >= 4 is 5.91 Å². The van der Waals surface area contributed by atoms with Crippen molar-refractivity contribution in [1.29, 1.82) is 0 Å². The van der Waals surface area contributed by atoms with Crippen LogP contribution in [0.2, 0.25) is 0 Å². The molecule has 1 unspecified atom stereocenters. The van der Waals surface area contributed by atoms with Crippen LogP contribution in [0.3, 0.4) is 0 Å². The number of hydrogen-bond acceptors (Lipinski definition) is 6. The highest BCUT2D eigenvalue weighted by Crippen LogP contribution is 2.20. The highest BCUT2D eigenvalue weighted by atomic mass is 16.5. The topological polar surface area (TPSA) is 108 Å². The fourth-order valence-electron chi connectivity index (χ4n) is 2.84. The Morgan fingerprint density at radius 1 is 1.10 bits per heavy atom. The molecule has 156 valence electrons. The van der Waals surface area contributed by atoms with E-state index in [-0.39, 0.29) is 30.1 Å². The summed E-state index contributed by atoms with van der Waals surface area (Å²) < 4.78 is 7.83. The second-order valence-corrected chi connectivity index (χ2v) is 6.51. The van der Waals surface area contributed by atoms with Crippen LogP contribution in [-0.2, 0) is 11.3 Å². The summed E-state index contributed by atoms with van der Waals surface area (Å²) in [7, 11) is 0. The molecule has 2 aromatic heterocycles. The molecule has 0 bridgehead atoms. The van der Waals surface area contributed by atoms with Crippen LogP contribution in [0.4, 0.5) is 0 Å². The van der Waals surface area contributed by atoms with Gasteiger partial charge in [-0.25, -0.2) is 9.36 Å².